The van der Waals surface area contributed by atoms with Crippen molar-refractivity contribution < 1.29 is 14.3 Å². The average Bonchev–Trinajstić information content (AvgIpc) is 3.03. The van der Waals surface area contributed by atoms with Gasteiger partial charge in [0.05, 0.1) is 20.1 Å². The van der Waals surface area contributed by atoms with Crippen molar-refractivity contribution in [1.82, 2.24) is 0 Å². The molecule has 0 N–H and O–H groups in total. The fraction of sp³-hybridized carbons (Fsp3) is 0.923. The summed E-state index contributed by atoms with van der Waals surface area (Å²) in [6.07, 6.45) is 2.92. The van der Waals surface area contributed by atoms with Gasteiger partial charge in [0.25, 0.3) is 0 Å². The smallest absolute Gasteiger partial charge is 0.306 e. The Morgan fingerprint density at radius 1 is 1.41 bits per heavy atom. The standard InChI is InChI=1S/C13H24O3S/c1-11(2)9-16-6-7-17-10-13(4-5-13)8-12(14)15-3/h11H,4-10H2,1-3H3. The molecule has 0 bridgehead atoms. The van der Waals surface area contributed by atoms with Crippen LogP contribution in [0.2, 0.25) is 0 Å². The van der Waals surface area contributed by atoms with Gasteiger partial charge in [0.1, 0.15) is 0 Å². The lowest BCUT2D eigenvalue weighted by molar-refractivity contribution is -0.141. The van der Waals surface area contributed by atoms with Crippen molar-refractivity contribution in [1.29, 1.82) is 0 Å². The van der Waals surface area contributed by atoms with Crippen LogP contribution in [-0.4, -0.2) is 37.8 Å². The van der Waals surface area contributed by atoms with Crippen molar-refractivity contribution >= 4 is 17.7 Å². The SMILES string of the molecule is COC(=O)CC1(CSCCOCC(C)C)CC1. The van der Waals surface area contributed by atoms with E-state index >= 15 is 0 Å². The largest absolute Gasteiger partial charge is 0.469 e. The van der Waals surface area contributed by atoms with Crippen molar-refractivity contribution in [3.8, 4) is 0 Å². The minimum absolute atomic E-state index is 0.0702. The molecule has 1 fully saturated rings. The van der Waals surface area contributed by atoms with Gasteiger partial charge >= 0.3 is 5.97 Å². The van der Waals surface area contributed by atoms with Crippen LogP contribution in [0, 0.1) is 11.3 Å². The van der Waals surface area contributed by atoms with Crippen molar-refractivity contribution in [3.05, 3.63) is 0 Å². The maximum absolute atomic E-state index is 11.2. The lowest BCUT2D eigenvalue weighted by atomic mass is 10.1. The highest BCUT2D eigenvalue weighted by molar-refractivity contribution is 7.99. The summed E-state index contributed by atoms with van der Waals surface area (Å²) in [4.78, 5) is 11.2. The second-order valence-corrected chi connectivity index (χ2v) is 6.38. The lowest BCUT2D eigenvalue weighted by Gasteiger charge is -2.13. The van der Waals surface area contributed by atoms with Gasteiger partial charge in [-0.05, 0) is 29.9 Å². The van der Waals surface area contributed by atoms with Gasteiger partial charge in [-0.3, -0.25) is 4.79 Å². The van der Waals surface area contributed by atoms with E-state index in [9.17, 15) is 4.79 Å². The summed E-state index contributed by atoms with van der Waals surface area (Å²) in [6, 6.07) is 0. The van der Waals surface area contributed by atoms with E-state index in [1.54, 1.807) is 0 Å². The molecule has 1 rings (SSSR count). The fourth-order valence-electron chi connectivity index (χ4n) is 1.65. The van der Waals surface area contributed by atoms with E-state index in [1.165, 1.54) is 20.0 Å². The van der Waals surface area contributed by atoms with E-state index in [0.29, 0.717) is 12.3 Å². The molecule has 0 radical (unpaired) electrons. The van der Waals surface area contributed by atoms with Crippen molar-refractivity contribution in [2.24, 2.45) is 11.3 Å². The second-order valence-electron chi connectivity index (χ2n) is 5.27. The number of esters is 1. The van der Waals surface area contributed by atoms with Gasteiger partial charge < -0.3 is 9.47 Å². The van der Waals surface area contributed by atoms with Crippen molar-refractivity contribution in [2.75, 3.05) is 31.8 Å². The van der Waals surface area contributed by atoms with E-state index in [1.807, 2.05) is 11.8 Å². The van der Waals surface area contributed by atoms with Crippen LogP contribution in [0.3, 0.4) is 0 Å². The Bertz CT molecular complexity index is 237. The topological polar surface area (TPSA) is 35.5 Å². The minimum atomic E-state index is -0.0702. The third-order valence-corrected chi connectivity index (χ3v) is 4.21. The predicted molar refractivity (Wildman–Crippen MR) is 71.3 cm³/mol. The number of carbonyl (C=O) groups is 1. The normalized spacial score (nSPS) is 17.2. The molecular formula is C13H24O3S. The van der Waals surface area contributed by atoms with Gasteiger partial charge in [-0.25, -0.2) is 0 Å². The Labute approximate surface area is 109 Å². The molecule has 1 aliphatic rings. The fourth-order valence-corrected chi connectivity index (χ4v) is 2.86. The number of carbonyl (C=O) groups excluding carboxylic acids is 1. The summed E-state index contributed by atoms with van der Waals surface area (Å²) < 4.78 is 10.2. The average molecular weight is 260 g/mol. The van der Waals surface area contributed by atoms with Gasteiger partial charge in [-0.15, -0.1) is 0 Å². The molecule has 1 aliphatic carbocycles. The third kappa shape index (κ3) is 6.32. The summed E-state index contributed by atoms with van der Waals surface area (Å²) in [6.45, 7) is 5.97. The van der Waals surface area contributed by atoms with Gasteiger partial charge in [0.15, 0.2) is 0 Å². The Kier molecular flexibility index (Phi) is 6.34. The number of ether oxygens (including phenoxy) is 2. The van der Waals surface area contributed by atoms with Crippen LogP contribution in [0.4, 0.5) is 0 Å². The number of hydrogen-bond donors (Lipinski definition) is 0. The first-order valence-electron chi connectivity index (χ1n) is 6.30. The van der Waals surface area contributed by atoms with E-state index in [2.05, 4.69) is 13.8 Å². The molecule has 0 spiro atoms. The Morgan fingerprint density at radius 3 is 2.65 bits per heavy atom. The zero-order chi connectivity index (χ0) is 12.7. The summed E-state index contributed by atoms with van der Waals surface area (Å²) in [5.74, 6) is 2.62. The Hall–Kier alpha value is -0.220. The van der Waals surface area contributed by atoms with Crippen LogP contribution < -0.4 is 0 Å². The number of thioether (sulfide) groups is 1. The zero-order valence-corrected chi connectivity index (χ0v) is 12.0. The second kappa shape index (κ2) is 7.27. The molecule has 0 saturated heterocycles. The molecule has 3 nitrogen and oxygen atoms in total. The van der Waals surface area contributed by atoms with Crippen LogP contribution in [0.25, 0.3) is 0 Å². The molecule has 0 aliphatic heterocycles. The highest BCUT2D eigenvalue weighted by atomic mass is 32.2. The molecule has 0 unspecified atom stereocenters. The van der Waals surface area contributed by atoms with Gasteiger partial charge in [-0.2, -0.15) is 11.8 Å². The molecule has 0 atom stereocenters. The molecular weight excluding hydrogens is 236 g/mol. The maximum Gasteiger partial charge on any atom is 0.306 e. The van der Waals surface area contributed by atoms with E-state index in [0.717, 1.165) is 24.7 Å². The van der Waals surface area contributed by atoms with E-state index < -0.39 is 0 Å². The molecule has 17 heavy (non-hydrogen) atoms. The first-order valence-corrected chi connectivity index (χ1v) is 7.46. The monoisotopic (exact) mass is 260 g/mol. The van der Waals surface area contributed by atoms with Gasteiger partial charge in [-0.1, -0.05) is 13.8 Å². The third-order valence-electron chi connectivity index (χ3n) is 2.94. The molecule has 0 aromatic heterocycles. The number of methoxy groups -OCH3 is 1. The summed E-state index contributed by atoms with van der Waals surface area (Å²) in [5, 5.41) is 0. The van der Waals surface area contributed by atoms with Crippen LogP contribution >= 0.6 is 11.8 Å². The molecule has 0 amide bonds. The molecule has 0 aromatic carbocycles. The Morgan fingerprint density at radius 2 is 2.12 bits per heavy atom. The molecule has 1 saturated carbocycles. The van der Waals surface area contributed by atoms with Gasteiger partial charge in [0, 0.05) is 12.4 Å². The highest BCUT2D eigenvalue weighted by Gasteiger charge is 2.44. The number of hydrogen-bond acceptors (Lipinski definition) is 4. The first-order chi connectivity index (χ1) is 8.08. The van der Waals surface area contributed by atoms with Crippen molar-refractivity contribution in [3.63, 3.8) is 0 Å². The lowest BCUT2D eigenvalue weighted by Crippen LogP contribution is -2.14. The van der Waals surface area contributed by atoms with Gasteiger partial charge in [0.2, 0.25) is 0 Å². The minimum Gasteiger partial charge on any atom is -0.469 e. The van der Waals surface area contributed by atoms with Crippen LogP contribution in [0.5, 0.6) is 0 Å². The molecule has 0 heterocycles. The predicted octanol–water partition coefficient (Wildman–Crippen LogP) is 2.74. The van der Waals surface area contributed by atoms with Crippen LogP contribution in [0.1, 0.15) is 33.1 Å². The summed E-state index contributed by atoms with van der Waals surface area (Å²) >= 11 is 1.89. The van der Waals surface area contributed by atoms with Crippen LogP contribution in [-0.2, 0) is 14.3 Å². The maximum atomic E-state index is 11.2. The summed E-state index contributed by atoms with van der Waals surface area (Å²) in [5.41, 5.74) is 0.246. The van der Waals surface area contributed by atoms with E-state index in [4.69, 9.17) is 9.47 Å². The molecule has 4 heteroatoms. The zero-order valence-electron chi connectivity index (χ0n) is 11.2. The first kappa shape index (κ1) is 14.8. The molecule has 0 aromatic rings. The van der Waals surface area contributed by atoms with Crippen LogP contribution in [0.15, 0.2) is 0 Å². The van der Waals surface area contributed by atoms with E-state index in [-0.39, 0.29) is 11.4 Å². The Balaban J connectivity index is 2.01. The van der Waals surface area contributed by atoms with Crippen molar-refractivity contribution in [2.45, 2.75) is 33.1 Å². The quantitative estimate of drug-likeness (QED) is 0.472. The molecule has 100 valence electrons. The number of rotatable bonds is 9. The highest BCUT2D eigenvalue weighted by Crippen LogP contribution is 2.51. The summed E-state index contributed by atoms with van der Waals surface area (Å²) in [7, 11) is 1.46.